The van der Waals surface area contributed by atoms with Crippen molar-refractivity contribution in [3.8, 4) is 11.1 Å². The van der Waals surface area contributed by atoms with Crippen molar-refractivity contribution in [2.45, 2.75) is 50.8 Å². The SMILES string of the molecule is COC1CC(C(=O)O)N(C(=O)C[C@H](NC(=O)OCC2c3ccccc3-c3ccccc32)C(C)C)C1. The highest BCUT2D eigenvalue weighted by Gasteiger charge is 2.40. The minimum atomic E-state index is -1.05. The highest BCUT2D eigenvalue weighted by molar-refractivity contribution is 5.85. The number of carboxylic acids is 1. The molecule has 1 aliphatic carbocycles. The van der Waals surface area contributed by atoms with Crippen LogP contribution in [0.3, 0.4) is 0 Å². The van der Waals surface area contributed by atoms with Crippen LogP contribution in [0.2, 0.25) is 0 Å². The van der Waals surface area contributed by atoms with Crippen LogP contribution in [0.4, 0.5) is 4.79 Å². The molecule has 3 atom stereocenters. The maximum Gasteiger partial charge on any atom is 0.407 e. The van der Waals surface area contributed by atoms with E-state index in [0.29, 0.717) is 0 Å². The van der Waals surface area contributed by atoms with Crippen LogP contribution in [0.15, 0.2) is 48.5 Å². The third kappa shape index (κ3) is 5.17. The molecular formula is C27H32N2O6. The average Bonchev–Trinajstić information content (AvgIpc) is 3.42. The van der Waals surface area contributed by atoms with E-state index in [1.165, 1.54) is 12.0 Å². The molecule has 2 aromatic carbocycles. The van der Waals surface area contributed by atoms with Crippen molar-refractivity contribution < 1.29 is 29.0 Å². The normalized spacial score (nSPS) is 19.8. The van der Waals surface area contributed by atoms with E-state index < -0.39 is 24.1 Å². The van der Waals surface area contributed by atoms with Gasteiger partial charge in [0.2, 0.25) is 5.91 Å². The quantitative estimate of drug-likeness (QED) is 0.598. The number of likely N-dealkylation sites (tertiary alicyclic amines) is 1. The molecule has 0 aromatic heterocycles. The summed E-state index contributed by atoms with van der Waals surface area (Å²) in [6.45, 7) is 4.21. The van der Waals surface area contributed by atoms with Crippen LogP contribution >= 0.6 is 0 Å². The third-order valence-electron chi connectivity index (χ3n) is 7.05. The Hall–Kier alpha value is -3.39. The Morgan fingerprint density at radius 3 is 2.20 bits per heavy atom. The summed E-state index contributed by atoms with van der Waals surface area (Å²) in [7, 11) is 1.51. The lowest BCUT2D eigenvalue weighted by molar-refractivity contribution is -0.148. The first-order valence-electron chi connectivity index (χ1n) is 12.0. The Morgan fingerprint density at radius 2 is 1.66 bits per heavy atom. The highest BCUT2D eigenvalue weighted by atomic mass is 16.5. The highest BCUT2D eigenvalue weighted by Crippen LogP contribution is 2.44. The fraction of sp³-hybridized carbons (Fsp3) is 0.444. The molecule has 186 valence electrons. The number of fused-ring (bicyclic) bond motifs is 3. The molecule has 1 aliphatic heterocycles. The molecule has 1 heterocycles. The first-order chi connectivity index (χ1) is 16.8. The van der Waals surface area contributed by atoms with Crippen LogP contribution in [0.25, 0.3) is 11.1 Å². The average molecular weight is 481 g/mol. The summed E-state index contributed by atoms with van der Waals surface area (Å²) in [5.41, 5.74) is 4.54. The van der Waals surface area contributed by atoms with Crippen molar-refractivity contribution in [2.75, 3.05) is 20.3 Å². The van der Waals surface area contributed by atoms with Gasteiger partial charge in [-0.2, -0.15) is 0 Å². The van der Waals surface area contributed by atoms with Gasteiger partial charge in [-0.25, -0.2) is 9.59 Å². The third-order valence-corrected chi connectivity index (χ3v) is 7.05. The molecule has 35 heavy (non-hydrogen) atoms. The summed E-state index contributed by atoms with van der Waals surface area (Å²) in [5, 5.41) is 12.3. The topological polar surface area (TPSA) is 105 Å². The number of ether oxygens (including phenoxy) is 2. The summed E-state index contributed by atoms with van der Waals surface area (Å²) in [5.74, 6) is -1.49. The summed E-state index contributed by atoms with van der Waals surface area (Å²) in [4.78, 5) is 38.7. The molecule has 8 nitrogen and oxygen atoms in total. The lowest BCUT2D eigenvalue weighted by Gasteiger charge is -2.27. The number of hydrogen-bond acceptors (Lipinski definition) is 5. The molecule has 1 saturated heterocycles. The first-order valence-corrected chi connectivity index (χ1v) is 12.0. The summed E-state index contributed by atoms with van der Waals surface area (Å²) >= 11 is 0. The molecule has 2 amide bonds. The monoisotopic (exact) mass is 480 g/mol. The first kappa shape index (κ1) is 24.7. The number of nitrogens with one attached hydrogen (secondary N) is 1. The predicted molar refractivity (Wildman–Crippen MR) is 130 cm³/mol. The van der Waals surface area contributed by atoms with Crippen LogP contribution in [0.1, 0.15) is 43.7 Å². The second kappa shape index (κ2) is 10.5. The number of carboxylic acid groups (broad SMARTS) is 1. The number of carbonyl (C=O) groups is 3. The van der Waals surface area contributed by atoms with Gasteiger partial charge >= 0.3 is 12.1 Å². The zero-order valence-corrected chi connectivity index (χ0v) is 20.3. The molecule has 4 rings (SSSR count). The molecule has 0 bridgehead atoms. The Bertz CT molecular complexity index is 1060. The Kier molecular flexibility index (Phi) is 7.40. The fourth-order valence-electron chi connectivity index (χ4n) is 5.03. The number of benzene rings is 2. The van der Waals surface area contributed by atoms with E-state index in [0.717, 1.165) is 22.3 Å². The van der Waals surface area contributed by atoms with E-state index in [2.05, 4.69) is 29.6 Å². The van der Waals surface area contributed by atoms with E-state index in [1.54, 1.807) is 0 Å². The number of amides is 2. The van der Waals surface area contributed by atoms with Gasteiger partial charge in [-0.15, -0.1) is 0 Å². The van der Waals surface area contributed by atoms with Crippen LogP contribution in [0.5, 0.6) is 0 Å². The minimum absolute atomic E-state index is 0.0118. The van der Waals surface area contributed by atoms with Crippen molar-refractivity contribution >= 4 is 18.0 Å². The molecule has 0 spiro atoms. The smallest absolute Gasteiger partial charge is 0.407 e. The largest absolute Gasteiger partial charge is 0.480 e. The van der Waals surface area contributed by atoms with E-state index in [-0.39, 0.29) is 49.8 Å². The maximum absolute atomic E-state index is 13.0. The van der Waals surface area contributed by atoms with E-state index in [9.17, 15) is 19.5 Å². The van der Waals surface area contributed by atoms with Gasteiger partial charge in [0.05, 0.1) is 6.10 Å². The van der Waals surface area contributed by atoms with Crippen LogP contribution in [-0.2, 0) is 19.1 Å². The lowest BCUT2D eigenvalue weighted by Crippen LogP contribution is -2.46. The number of nitrogens with zero attached hydrogens (tertiary/aromatic N) is 1. The standard InChI is InChI=1S/C27H32N2O6/c1-16(2)23(13-25(30)29-14-17(34-3)12-24(29)26(31)32)28-27(33)35-15-22-20-10-6-4-8-18(20)19-9-5-7-11-21(19)22/h4-11,16-17,22-24H,12-15H2,1-3H3,(H,28,33)(H,31,32)/t17?,23-,24?/m0/s1. The Balaban J connectivity index is 1.38. The molecule has 8 heteroatoms. The van der Waals surface area contributed by atoms with Gasteiger partial charge in [-0.05, 0) is 28.2 Å². The molecule has 2 unspecified atom stereocenters. The van der Waals surface area contributed by atoms with Crippen LogP contribution < -0.4 is 5.32 Å². The molecule has 1 fully saturated rings. The van der Waals surface area contributed by atoms with Crippen LogP contribution in [0, 0.1) is 5.92 Å². The number of hydrogen-bond donors (Lipinski definition) is 2. The number of carbonyl (C=O) groups excluding carboxylic acids is 2. The second-order valence-electron chi connectivity index (χ2n) is 9.52. The van der Waals surface area contributed by atoms with Gasteiger partial charge in [0.25, 0.3) is 0 Å². The van der Waals surface area contributed by atoms with Gasteiger partial charge in [0.1, 0.15) is 12.6 Å². The number of aliphatic carboxylic acids is 1. The van der Waals surface area contributed by atoms with Gasteiger partial charge in [-0.3, -0.25) is 4.79 Å². The van der Waals surface area contributed by atoms with Gasteiger partial charge < -0.3 is 24.8 Å². The number of methoxy groups -OCH3 is 1. The second-order valence-corrected chi connectivity index (χ2v) is 9.52. The van der Waals surface area contributed by atoms with Crippen molar-refractivity contribution in [1.82, 2.24) is 10.2 Å². The fourth-order valence-corrected chi connectivity index (χ4v) is 5.03. The molecule has 0 saturated carbocycles. The zero-order chi connectivity index (χ0) is 25.1. The van der Waals surface area contributed by atoms with Crippen molar-refractivity contribution in [3.05, 3.63) is 59.7 Å². The van der Waals surface area contributed by atoms with Gasteiger partial charge in [0.15, 0.2) is 0 Å². The lowest BCUT2D eigenvalue weighted by atomic mass is 9.98. The predicted octanol–water partition coefficient (Wildman–Crippen LogP) is 3.64. The summed E-state index contributed by atoms with van der Waals surface area (Å²) < 4.78 is 10.9. The van der Waals surface area contributed by atoms with Crippen LogP contribution in [-0.4, -0.2) is 66.4 Å². The van der Waals surface area contributed by atoms with Gasteiger partial charge in [0, 0.05) is 38.5 Å². The number of rotatable bonds is 8. The maximum atomic E-state index is 13.0. The van der Waals surface area contributed by atoms with E-state index in [1.807, 2.05) is 38.1 Å². The Labute approximate surface area is 205 Å². The summed E-state index contributed by atoms with van der Waals surface area (Å²) in [6, 6.07) is 14.8. The van der Waals surface area contributed by atoms with Gasteiger partial charge in [-0.1, -0.05) is 62.4 Å². The van der Waals surface area contributed by atoms with E-state index >= 15 is 0 Å². The summed E-state index contributed by atoms with van der Waals surface area (Å²) in [6.07, 6.45) is -0.664. The van der Waals surface area contributed by atoms with Crippen molar-refractivity contribution in [3.63, 3.8) is 0 Å². The number of alkyl carbamates (subject to hydrolysis) is 1. The molecule has 0 radical (unpaired) electrons. The molecule has 2 N–H and O–H groups in total. The zero-order valence-electron chi connectivity index (χ0n) is 20.3. The molecule has 2 aliphatic rings. The minimum Gasteiger partial charge on any atom is -0.480 e. The van der Waals surface area contributed by atoms with Crippen molar-refractivity contribution in [2.24, 2.45) is 5.92 Å². The van der Waals surface area contributed by atoms with E-state index in [4.69, 9.17) is 9.47 Å². The molecular weight excluding hydrogens is 448 g/mol. The Morgan fingerprint density at radius 1 is 1.06 bits per heavy atom. The van der Waals surface area contributed by atoms with Crippen molar-refractivity contribution in [1.29, 1.82) is 0 Å². The molecule has 2 aromatic rings.